The van der Waals surface area contributed by atoms with Crippen molar-refractivity contribution in [1.82, 2.24) is 0 Å². The molecule has 0 aromatic heterocycles. The Morgan fingerprint density at radius 1 is 0.273 bits per heavy atom. The van der Waals surface area contributed by atoms with Crippen molar-refractivity contribution < 1.29 is 28.6 Å². The highest BCUT2D eigenvalue weighted by molar-refractivity contribution is 5.71. The molecule has 0 fully saturated rings. The highest BCUT2D eigenvalue weighted by Gasteiger charge is 2.19. The Morgan fingerprint density at radius 2 is 0.506 bits per heavy atom. The topological polar surface area (TPSA) is 78.9 Å². The van der Waals surface area contributed by atoms with Crippen LogP contribution in [-0.2, 0) is 28.6 Å². The average Bonchev–Trinajstić information content (AvgIpc) is 3.43. The van der Waals surface area contributed by atoms with Gasteiger partial charge in [-0.1, -0.05) is 264 Å². The van der Waals surface area contributed by atoms with Gasteiger partial charge in [0.15, 0.2) is 6.10 Å². The van der Waals surface area contributed by atoms with Crippen molar-refractivity contribution in [3.8, 4) is 0 Å². The predicted molar refractivity (Wildman–Crippen MR) is 334 cm³/mol. The predicted octanol–water partition coefficient (Wildman–Crippen LogP) is 22.0. The molecule has 0 bridgehead atoms. The zero-order valence-electron chi connectivity index (χ0n) is 50.2. The lowest BCUT2D eigenvalue weighted by atomic mass is 10.0. The van der Waals surface area contributed by atoms with E-state index in [-0.39, 0.29) is 37.5 Å². The Bertz CT molecular complexity index is 1600. The van der Waals surface area contributed by atoms with E-state index in [0.717, 1.165) is 135 Å². The van der Waals surface area contributed by atoms with E-state index in [1.807, 2.05) is 0 Å². The zero-order chi connectivity index (χ0) is 55.7. The van der Waals surface area contributed by atoms with E-state index >= 15 is 0 Å². The summed E-state index contributed by atoms with van der Waals surface area (Å²) in [6.07, 6.45) is 89.2. The summed E-state index contributed by atoms with van der Waals surface area (Å²) in [5.41, 5.74) is 0. The number of hydrogen-bond donors (Lipinski definition) is 0. The molecule has 1 atom stereocenters. The smallest absolute Gasteiger partial charge is 0.306 e. The van der Waals surface area contributed by atoms with Gasteiger partial charge in [0.1, 0.15) is 13.2 Å². The number of esters is 3. The molecule has 0 aromatic carbocycles. The van der Waals surface area contributed by atoms with Gasteiger partial charge in [-0.25, -0.2) is 0 Å². The maximum Gasteiger partial charge on any atom is 0.306 e. The SMILES string of the molecule is CC/C=C\C/C=C\C/C=C\C/C=C\C/C=C\CCCCCC(=O)OC(COC(=O)CCCCCCC/C=C\CCCCCC)COC(=O)CCCCCCCCCCCCCCCC/C=C\C/C=C\C/C=C\C/C=C\CC. The molecule has 0 amide bonds. The van der Waals surface area contributed by atoms with E-state index in [1.165, 1.54) is 116 Å². The average molecular weight is 1070 g/mol. The van der Waals surface area contributed by atoms with Crippen LogP contribution in [0.5, 0.6) is 0 Å². The summed E-state index contributed by atoms with van der Waals surface area (Å²) in [4.78, 5) is 38.3. The van der Waals surface area contributed by atoms with E-state index in [1.54, 1.807) is 0 Å². The lowest BCUT2D eigenvalue weighted by molar-refractivity contribution is -0.167. The first-order chi connectivity index (χ1) is 38.0. The van der Waals surface area contributed by atoms with Gasteiger partial charge in [0.05, 0.1) is 0 Å². The van der Waals surface area contributed by atoms with E-state index in [4.69, 9.17) is 14.2 Å². The van der Waals surface area contributed by atoms with Crippen LogP contribution in [0, 0.1) is 0 Å². The molecule has 0 spiro atoms. The van der Waals surface area contributed by atoms with Crippen molar-refractivity contribution in [3.05, 3.63) is 122 Å². The minimum atomic E-state index is -0.802. The molecular weight excluding hydrogens is 949 g/mol. The van der Waals surface area contributed by atoms with Gasteiger partial charge in [-0.05, 0) is 128 Å². The number of rotatable bonds is 57. The minimum Gasteiger partial charge on any atom is -0.462 e. The van der Waals surface area contributed by atoms with E-state index in [2.05, 4.69) is 142 Å². The maximum atomic E-state index is 12.9. The van der Waals surface area contributed by atoms with Crippen LogP contribution in [0.1, 0.15) is 290 Å². The lowest BCUT2D eigenvalue weighted by Crippen LogP contribution is -2.30. The summed E-state index contributed by atoms with van der Waals surface area (Å²) < 4.78 is 16.9. The van der Waals surface area contributed by atoms with Gasteiger partial charge in [-0.15, -0.1) is 0 Å². The lowest BCUT2D eigenvalue weighted by Gasteiger charge is -2.18. The highest BCUT2D eigenvalue weighted by atomic mass is 16.6. The van der Waals surface area contributed by atoms with Crippen LogP contribution in [0.15, 0.2) is 122 Å². The number of unbranched alkanes of at least 4 members (excludes halogenated alkanes) is 26. The minimum absolute atomic E-state index is 0.0954. The largest absolute Gasteiger partial charge is 0.462 e. The van der Waals surface area contributed by atoms with E-state index in [0.29, 0.717) is 12.8 Å². The van der Waals surface area contributed by atoms with Crippen LogP contribution in [-0.4, -0.2) is 37.2 Å². The van der Waals surface area contributed by atoms with Crippen molar-refractivity contribution in [3.63, 3.8) is 0 Å². The fraction of sp³-hybridized carbons (Fsp3) is 0.676. The summed E-state index contributed by atoms with van der Waals surface area (Å²) in [5, 5.41) is 0. The number of hydrogen-bond acceptors (Lipinski definition) is 6. The molecule has 0 radical (unpaired) electrons. The molecule has 0 heterocycles. The molecule has 0 aliphatic carbocycles. The molecule has 1 unspecified atom stereocenters. The molecule has 0 saturated carbocycles. The van der Waals surface area contributed by atoms with Gasteiger partial charge < -0.3 is 14.2 Å². The van der Waals surface area contributed by atoms with Gasteiger partial charge >= 0.3 is 17.9 Å². The third kappa shape index (κ3) is 62.5. The van der Waals surface area contributed by atoms with Crippen molar-refractivity contribution >= 4 is 17.9 Å². The van der Waals surface area contributed by atoms with Crippen LogP contribution in [0.3, 0.4) is 0 Å². The van der Waals surface area contributed by atoms with E-state index in [9.17, 15) is 14.4 Å². The molecule has 6 heteroatoms. The highest BCUT2D eigenvalue weighted by Crippen LogP contribution is 2.16. The third-order valence-corrected chi connectivity index (χ3v) is 13.4. The molecule has 0 rings (SSSR count). The number of ether oxygens (including phenoxy) is 3. The molecule has 0 aliphatic rings. The summed E-state index contributed by atoms with van der Waals surface area (Å²) in [6, 6.07) is 0. The summed E-state index contributed by atoms with van der Waals surface area (Å²) in [7, 11) is 0. The molecule has 77 heavy (non-hydrogen) atoms. The fourth-order valence-electron chi connectivity index (χ4n) is 8.69. The van der Waals surface area contributed by atoms with Gasteiger partial charge in [0, 0.05) is 19.3 Å². The Hall–Kier alpha value is -4.19. The molecule has 0 aromatic rings. The molecule has 0 aliphatic heterocycles. The van der Waals surface area contributed by atoms with Crippen molar-refractivity contribution in [2.75, 3.05) is 13.2 Å². The first-order valence-electron chi connectivity index (χ1n) is 32.0. The normalized spacial score (nSPS) is 12.9. The first-order valence-corrected chi connectivity index (χ1v) is 32.0. The van der Waals surface area contributed by atoms with Crippen LogP contribution in [0.25, 0.3) is 0 Å². The van der Waals surface area contributed by atoms with Crippen LogP contribution >= 0.6 is 0 Å². The van der Waals surface area contributed by atoms with Gasteiger partial charge in [-0.3, -0.25) is 14.4 Å². The number of allylic oxidation sites excluding steroid dienone is 20. The summed E-state index contributed by atoms with van der Waals surface area (Å²) in [5.74, 6) is -0.933. The van der Waals surface area contributed by atoms with Crippen molar-refractivity contribution in [2.45, 2.75) is 297 Å². The summed E-state index contributed by atoms with van der Waals surface area (Å²) in [6.45, 7) is 6.38. The maximum absolute atomic E-state index is 12.9. The first kappa shape index (κ1) is 72.8. The quantitative estimate of drug-likeness (QED) is 0.0261. The van der Waals surface area contributed by atoms with E-state index < -0.39 is 6.10 Å². The van der Waals surface area contributed by atoms with Crippen LogP contribution in [0.4, 0.5) is 0 Å². The second kappa shape index (κ2) is 64.3. The van der Waals surface area contributed by atoms with Gasteiger partial charge in [0.2, 0.25) is 0 Å². The second-order valence-corrected chi connectivity index (χ2v) is 20.9. The second-order valence-electron chi connectivity index (χ2n) is 20.9. The molecule has 438 valence electrons. The standard InChI is InChI=1S/C71H118O6/c1-4-7-10-13-16-19-22-25-27-29-31-32-33-34-35-36-37-38-40-41-43-46-49-52-55-58-61-64-70(73)76-67-68(66-75-69(72)63-60-57-54-51-48-45-24-21-18-15-12-9-6-3)77-71(74)65-62-59-56-53-50-47-44-42-39-30-28-26-23-20-17-14-11-8-5-2/h7-8,10-11,16-17,19-21,24-28,31-32,39,42,47,50,68H,4-6,9,12-15,18,22-23,29-30,33-38,40-41,43-46,48-49,51-67H2,1-3H3/b10-7-,11-8-,19-16-,20-17-,24-21-,27-25-,28-26-,32-31-,42-39-,50-47-. The molecule has 0 N–H and O–H groups in total. The number of carbonyl (C=O) groups excluding carboxylic acids is 3. The van der Waals surface area contributed by atoms with Gasteiger partial charge in [-0.2, -0.15) is 0 Å². The van der Waals surface area contributed by atoms with Crippen LogP contribution < -0.4 is 0 Å². The van der Waals surface area contributed by atoms with Gasteiger partial charge in [0.25, 0.3) is 0 Å². The van der Waals surface area contributed by atoms with Crippen LogP contribution in [0.2, 0.25) is 0 Å². The Morgan fingerprint density at radius 3 is 0.818 bits per heavy atom. The Balaban J connectivity index is 4.34. The third-order valence-electron chi connectivity index (χ3n) is 13.4. The zero-order valence-corrected chi connectivity index (χ0v) is 50.2. The fourth-order valence-corrected chi connectivity index (χ4v) is 8.69. The molecule has 6 nitrogen and oxygen atoms in total. The van der Waals surface area contributed by atoms with Crippen molar-refractivity contribution in [2.24, 2.45) is 0 Å². The number of carbonyl (C=O) groups is 3. The Labute approximate surface area is 475 Å². The summed E-state index contributed by atoms with van der Waals surface area (Å²) >= 11 is 0. The molecule has 0 saturated heterocycles. The molecular formula is C71H118O6. The van der Waals surface area contributed by atoms with Crippen molar-refractivity contribution in [1.29, 1.82) is 0 Å². The monoisotopic (exact) mass is 1070 g/mol. The Kier molecular flexibility index (Phi) is 60.8.